The predicted octanol–water partition coefficient (Wildman–Crippen LogP) is 5.60. The van der Waals surface area contributed by atoms with Crippen molar-refractivity contribution >= 4 is 34.1 Å². The molecule has 0 saturated heterocycles. The first-order chi connectivity index (χ1) is 19.8. The maximum Gasteiger partial charge on any atom is 0.250 e. The molecule has 3 heterocycles. The average molecular weight is 589 g/mol. The maximum atomic E-state index is 14.0. The third-order valence-electron chi connectivity index (χ3n) is 7.64. The van der Waals surface area contributed by atoms with E-state index in [4.69, 9.17) is 11.6 Å². The average Bonchev–Trinajstić information content (AvgIpc) is 3.58. The number of nitrogens with zero attached hydrogens (tertiary/aromatic N) is 7. The highest BCUT2D eigenvalue weighted by Gasteiger charge is 2.54. The molecule has 1 aliphatic carbocycles. The Labute approximate surface area is 249 Å². The molecule has 218 valence electrons. The predicted molar refractivity (Wildman–Crippen MR) is 160 cm³/mol. The van der Waals surface area contributed by atoms with E-state index in [2.05, 4.69) is 52.4 Å². The molecule has 0 spiro atoms. The number of rotatable bonds is 8. The molecule has 1 atom stereocenters. The molecule has 3 aromatic heterocycles. The Balaban J connectivity index is 1.60. The Kier molecular flexibility index (Phi) is 7.66. The summed E-state index contributed by atoms with van der Waals surface area (Å²) in [6, 6.07) is 9.14. The van der Waals surface area contributed by atoms with Crippen LogP contribution in [0.5, 0.6) is 0 Å². The number of aryl methyl sites for hydroxylation is 1. The lowest BCUT2D eigenvalue weighted by Gasteiger charge is -2.22. The smallest absolute Gasteiger partial charge is 0.250 e. The summed E-state index contributed by atoms with van der Waals surface area (Å²) in [5, 5.41) is 23.4. The van der Waals surface area contributed by atoms with E-state index in [1.54, 1.807) is 36.7 Å². The second kappa shape index (κ2) is 11.0. The highest BCUT2D eigenvalue weighted by atomic mass is 35.5. The van der Waals surface area contributed by atoms with E-state index in [0.717, 1.165) is 16.5 Å². The van der Waals surface area contributed by atoms with Gasteiger partial charge in [-0.25, -0.2) is 9.67 Å². The molecule has 1 N–H and O–H groups in total. The summed E-state index contributed by atoms with van der Waals surface area (Å²) in [6.45, 7) is 8.74. The van der Waals surface area contributed by atoms with Crippen molar-refractivity contribution in [2.45, 2.75) is 58.4 Å². The number of benzene rings is 1. The fraction of sp³-hybridized carbons (Fsp3) is 0.419. The van der Waals surface area contributed by atoms with Crippen molar-refractivity contribution in [2.24, 2.45) is 5.41 Å². The van der Waals surface area contributed by atoms with E-state index >= 15 is 0 Å². The minimum Gasteiger partial charge on any atom is -0.383 e. The molecule has 5 rings (SSSR count). The molecule has 42 heavy (non-hydrogen) atoms. The summed E-state index contributed by atoms with van der Waals surface area (Å²) >= 11 is 6.77. The van der Waals surface area contributed by atoms with Crippen molar-refractivity contribution in [3.8, 4) is 6.07 Å². The number of fused-ring (bicyclic) bond motifs is 1. The van der Waals surface area contributed by atoms with Crippen LogP contribution in [0.3, 0.4) is 0 Å². The molecule has 1 amide bonds. The number of hydrogen-bond donors (Lipinski definition) is 1. The maximum absolute atomic E-state index is 14.0. The second-order valence-electron chi connectivity index (χ2n) is 12.4. The Morgan fingerprint density at radius 2 is 2.02 bits per heavy atom. The number of carbonyl (C=O) groups is 1. The third-order valence-corrected chi connectivity index (χ3v) is 7.93. The van der Waals surface area contributed by atoms with Crippen LogP contribution in [0, 0.1) is 29.6 Å². The lowest BCUT2D eigenvalue weighted by Crippen LogP contribution is -2.38. The van der Waals surface area contributed by atoms with Gasteiger partial charge in [0.1, 0.15) is 11.6 Å². The first-order valence-electron chi connectivity index (χ1n) is 13.9. The van der Waals surface area contributed by atoms with Gasteiger partial charge < -0.3 is 10.2 Å². The van der Waals surface area contributed by atoms with Gasteiger partial charge in [-0.2, -0.15) is 9.65 Å². The Morgan fingerprint density at radius 3 is 2.64 bits per heavy atom. The number of nitriles is 1. The van der Waals surface area contributed by atoms with Gasteiger partial charge in [0.25, 0.3) is 0 Å². The van der Waals surface area contributed by atoms with Gasteiger partial charge in [0.15, 0.2) is 0 Å². The zero-order chi connectivity index (χ0) is 30.4. The van der Waals surface area contributed by atoms with Crippen molar-refractivity contribution < 1.29 is 9.18 Å². The molecule has 1 aliphatic rings. The van der Waals surface area contributed by atoms with E-state index in [1.165, 1.54) is 12.3 Å². The monoisotopic (exact) mass is 588 g/mol. The molecule has 1 aromatic carbocycles. The van der Waals surface area contributed by atoms with Crippen molar-refractivity contribution in [1.82, 2.24) is 29.9 Å². The first kappa shape index (κ1) is 29.4. The lowest BCUT2D eigenvalue weighted by molar-refractivity contribution is -0.134. The molecule has 0 radical (unpaired) electrons. The van der Waals surface area contributed by atoms with Gasteiger partial charge in [-0.3, -0.25) is 9.78 Å². The summed E-state index contributed by atoms with van der Waals surface area (Å²) in [6.07, 6.45) is 5.17. The largest absolute Gasteiger partial charge is 0.383 e. The molecule has 0 unspecified atom stereocenters. The van der Waals surface area contributed by atoms with E-state index in [1.807, 2.05) is 18.3 Å². The minimum atomic E-state index is -0.728. The van der Waals surface area contributed by atoms with Gasteiger partial charge >= 0.3 is 0 Å². The number of carbonyl (C=O) groups excluding carboxylic acids is 1. The molecule has 1 saturated carbocycles. The van der Waals surface area contributed by atoms with Crippen LogP contribution < -0.4 is 5.32 Å². The van der Waals surface area contributed by atoms with Crippen molar-refractivity contribution in [3.63, 3.8) is 0 Å². The highest BCUT2D eigenvalue weighted by molar-refractivity contribution is 6.35. The van der Waals surface area contributed by atoms with Crippen LogP contribution in [0.15, 0.2) is 36.7 Å². The normalized spacial score (nSPS) is 14.8. The molecular weight excluding hydrogens is 555 g/mol. The summed E-state index contributed by atoms with van der Waals surface area (Å²) in [5.74, 6) is -0.943. The molecule has 4 aromatic rings. The molecule has 11 heteroatoms. The molecule has 9 nitrogen and oxygen atoms in total. The SMILES string of the molecule is Cc1nc(F)ccc1[C@H](Cc1cc(Cl)c2ncc(C#N)c(NCC(C)(C)C)c2c1)c1cn(C2(C(=O)N(C)C)CC2)nn1. The fourth-order valence-corrected chi connectivity index (χ4v) is 5.59. The Bertz CT molecular complexity index is 1710. The summed E-state index contributed by atoms with van der Waals surface area (Å²) < 4.78 is 15.7. The van der Waals surface area contributed by atoms with Crippen LogP contribution in [0.2, 0.25) is 5.02 Å². The van der Waals surface area contributed by atoms with Gasteiger partial charge in [0.05, 0.1) is 33.7 Å². The van der Waals surface area contributed by atoms with E-state index in [-0.39, 0.29) is 17.2 Å². The number of halogens is 2. The number of likely N-dealkylation sites (N-methyl/N-ethyl adjacent to an activating group) is 1. The van der Waals surface area contributed by atoms with Gasteiger partial charge in [0.2, 0.25) is 11.9 Å². The van der Waals surface area contributed by atoms with Crippen molar-refractivity contribution in [2.75, 3.05) is 26.0 Å². The van der Waals surface area contributed by atoms with E-state index < -0.39 is 11.5 Å². The van der Waals surface area contributed by atoms with E-state index in [9.17, 15) is 14.4 Å². The third kappa shape index (κ3) is 5.66. The van der Waals surface area contributed by atoms with E-state index in [0.29, 0.717) is 59.0 Å². The number of hydrogen-bond acceptors (Lipinski definition) is 7. The van der Waals surface area contributed by atoms with Crippen LogP contribution in [0.25, 0.3) is 10.9 Å². The Hall–Kier alpha value is -4.10. The number of aromatic nitrogens is 5. The van der Waals surface area contributed by atoms with Gasteiger partial charge in [-0.15, -0.1) is 5.10 Å². The standard InChI is InChI=1S/C31H34ClFN8O/c1-18-21(7-8-26(33)37-18)22(25-16-41(39-38-25)31(9-10-31)29(42)40(5)6)11-19-12-23-27(36-17-30(2,3)4)20(14-34)15-35-28(23)24(32)13-19/h7-8,12-13,15-16,22H,9-11,17H2,1-6H3,(H,35,36)/t22-/m0/s1. The summed E-state index contributed by atoms with van der Waals surface area (Å²) in [4.78, 5) is 23.1. The number of anilines is 1. The molecule has 1 fully saturated rings. The number of pyridine rings is 2. The van der Waals surface area contributed by atoms with Crippen LogP contribution in [0.1, 0.15) is 67.6 Å². The van der Waals surface area contributed by atoms with Crippen LogP contribution >= 0.6 is 11.6 Å². The van der Waals surface area contributed by atoms with Crippen LogP contribution in [0.4, 0.5) is 10.1 Å². The zero-order valence-corrected chi connectivity index (χ0v) is 25.4. The fourth-order valence-electron chi connectivity index (χ4n) is 5.30. The second-order valence-corrected chi connectivity index (χ2v) is 12.8. The zero-order valence-electron chi connectivity index (χ0n) is 24.7. The molecule has 0 aliphatic heterocycles. The highest BCUT2D eigenvalue weighted by Crippen LogP contribution is 2.45. The molecule has 0 bridgehead atoms. The topological polar surface area (TPSA) is 113 Å². The lowest BCUT2D eigenvalue weighted by atomic mass is 9.88. The number of amides is 1. The quantitative estimate of drug-likeness (QED) is 0.266. The Morgan fingerprint density at radius 1 is 1.29 bits per heavy atom. The van der Waals surface area contributed by atoms with Crippen molar-refractivity contribution in [3.05, 3.63) is 75.7 Å². The first-order valence-corrected chi connectivity index (χ1v) is 14.2. The van der Waals surface area contributed by atoms with Crippen LogP contribution in [-0.4, -0.2) is 56.4 Å². The summed E-state index contributed by atoms with van der Waals surface area (Å²) in [5.41, 5.74) is 3.78. The minimum absolute atomic E-state index is 0.0208. The van der Waals surface area contributed by atoms with Gasteiger partial charge in [0, 0.05) is 43.8 Å². The van der Waals surface area contributed by atoms with Crippen LogP contribution in [-0.2, 0) is 16.8 Å². The summed E-state index contributed by atoms with van der Waals surface area (Å²) in [7, 11) is 3.47. The van der Waals surface area contributed by atoms with Gasteiger partial charge in [-0.05, 0) is 60.9 Å². The molecular formula is C31H34ClFN8O. The number of nitrogens with one attached hydrogen (secondary N) is 1. The van der Waals surface area contributed by atoms with Crippen molar-refractivity contribution in [1.29, 1.82) is 5.26 Å². The van der Waals surface area contributed by atoms with Gasteiger partial charge in [-0.1, -0.05) is 43.7 Å².